The van der Waals surface area contributed by atoms with Crippen molar-refractivity contribution in [1.29, 1.82) is 0 Å². The zero-order valence-corrected chi connectivity index (χ0v) is 8.88. The van der Waals surface area contributed by atoms with Crippen molar-refractivity contribution in [2.45, 2.75) is 31.1 Å². The lowest BCUT2D eigenvalue weighted by Crippen LogP contribution is -2.40. The molecule has 1 aliphatic heterocycles. The molecule has 1 unspecified atom stereocenters. The molecule has 0 aliphatic carbocycles. The van der Waals surface area contributed by atoms with Crippen molar-refractivity contribution in [2.24, 2.45) is 0 Å². The van der Waals surface area contributed by atoms with Gasteiger partial charge < -0.3 is 10.4 Å². The van der Waals surface area contributed by atoms with Crippen molar-refractivity contribution in [1.82, 2.24) is 5.32 Å². The van der Waals surface area contributed by atoms with Crippen LogP contribution in [0, 0.1) is 0 Å². The molecule has 0 spiro atoms. The van der Waals surface area contributed by atoms with Crippen molar-refractivity contribution in [3.63, 3.8) is 0 Å². The summed E-state index contributed by atoms with van der Waals surface area (Å²) in [7, 11) is -3.23. The van der Waals surface area contributed by atoms with Crippen molar-refractivity contribution in [3.8, 4) is 0 Å². The van der Waals surface area contributed by atoms with E-state index in [1.165, 1.54) is 6.92 Å². The van der Waals surface area contributed by atoms with Gasteiger partial charge in [-0.2, -0.15) is 0 Å². The van der Waals surface area contributed by atoms with E-state index in [1.54, 1.807) is 0 Å². The summed E-state index contributed by atoms with van der Waals surface area (Å²) in [5.74, 6) is -0.386. The fourth-order valence-electron chi connectivity index (χ4n) is 1.45. The van der Waals surface area contributed by atoms with Gasteiger partial charge in [0.1, 0.15) is 5.25 Å². The van der Waals surface area contributed by atoms with Crippen LogP contribution in [0.5, 0.6) is 0 Å². The highest BCUT2D eigenvalue weighted by molar-refractivity contribution is 7.93. The number of carbonyl (C=O) groups is 1. The Morgan fingerprint density at radius 1 is 1.64 bits per heavy atom. The molecule has 6 heteroatoms. The molecule has 0 aromatic heterocycles. The maximum atomic E-state index is 11.4. The molecule has 1 aliphatic rings. The van der Waals surface area contributed by atoms with Crippen LogP contribution in [0.25, 0.3) is 0 Å². The first-order valence-corrected chi connectivity index (χ1v) is 6.32. The smallest absolute Gasteiger partial charge is 0.238 e. The normalized spacial score (nSPS) is 27.1. The summed E-state index contributed by atoms with van der Waals surface area (Å²) in [6, 6.07) is 0. The van der Waals surface area contributed by atoms with E-state index >= 15 is 0 Å². The predicted molar refractivity (Wildman–Crippen MR) is 51.5 cm³/mol. The maximum Gasteiger partial charge on any atom is 0.238 e. The second-order valence-electron chi connectivity index (χ2n) is 3.59. The molecule has 0 aromatic carbocycles. The molecule has 0 saturated carbocycles. The molecular formula is C8H15NO4S. The van der Waals surface area contributed by atoms with E-state index in [4.69, 9.17) is 5.11 Å². The van der Waals surface area contributed by atoms with Crippen LogP contribution in [0.3, 0.4) is 0 Å². The Labute approximate surface area is 83.4 Å². The Morgan fingerprint density at radius 3 is 2.71 bits per heavy atom. The van der Waals surface area contributed by atoms with Gasteiger partial charge in [0.2, 0.25) is 5.91 Å². The first-order valence-electron chi connectivity index (χ1n) is 4.61. The van der Waals surface area contributed by atoms with Gasteiger partial charge in [-0.05, 0) is 19.8 Å². The summed E-state index contributed by atoms with van der Waals surface area (Å²) in [5, 5.41) is 10.4. The second-order valence-corrected chi connectivity index (χ2v) is 5.90. The molecule has 1 amide bonds. The summed E-state index contributed by atoms with van der Waals surface area (Å²) in [5.41, 5.74) is 0. The zero-order chi connectivity index (χ0) is 10.8. The first kappa shape index (κ1) is 11.5. The predicted octanol–water partition coefficient (Wildman–Crippen LogP) is -0.939. The summed E-state index contributed by atoms with van der Waals surface area (Å²) in [4.78, 5) is 11.4. The van der Waals surface area contributed by atoms with Crippen LogP contribution in [0.2, 0.25) is 0 Å². The molecule has 2 N–H and O–H groups in total. The number of hydrogen-bond donors (Lipinski definition) is 2. The molecule has 0 radical (unpaired) electrons. The van der Waals surface area contributed by atoms with Gasteiger partial charge in [-0.25, -0.2) is 8.42 Å². The van der Waals surface area contributed by atoms with E-state index in [0.717, 1.165) is 0 Å². The van der Waals surface area contributed by atoms with Gasteiger partial charge in [0.15, 0.2) is 9.84 Å². The molecule has 1 fully saturated rings. The Hall–Kier alpha value is -0.620. The molecule has 1 saturated heterocycles. The van der Waals surface area contributed by atoms with Gasteiger partial charge in [0, 0.05) is 6.54 Å². The second kappa shape index (κ2) is 4.27. The summed E-state index contributed by atoms with van der Waals surface area (Å²) < 4.78 is 22.6. The lowest BCUT2D eigenvalue weighted by atomic mass is 10.2. The number of rotatable bonds is 3. The van der Waals surface area contributed by atoms with E-state index < -0.39 is 27.1 Å². The Kier molecular flexibility index (Phi) is 3.49. The van der Waals surface area contributed by atoms with Crippen LogP contribution in [0.1, 0.15) is 19.8 Å². The first-order chi connectivity index (χ1) is 6.43. The molecule has 1 heterocycles. The Bertz CT molecular complexity index is 309. The Balaban J connectivity index is 2.53. The van der Waals surface area contributed by atoms with Crippen molar-refractivity contribution < 1.29 is 18.3 Å². The van der Waals surface area contributed by atoms with Crippen molar-refractivity contribution >= 4 is 15.7 Å². The van der Waals surface area contributed by atoms with Crippen molar-refractivity contribution in [3.05, 3.63) is 0 Å². The van der Waals surface area contributed by atoms with Gasteiger partial charge in [-0.3, -0.25) is 4.79 Å². The van der Waals surface area contributed by atoms with Crippen LogP contribution < -0.4 is 5.32 Å². The van der Waals surface area contributed by atoms with Gasteiger partial charge >= 0.3 is 0 Å². The molecule has 0 bridgehead atoms. The Morgan fingerprint density at radius 2 is 2.29 bits per heavy atom. The summed E-state index contributed by atoms with van der Waals surface area (Å²) in [6.45, 7) is 1.63. The van der Waals surface area contributed by atoms with Crippen LogP contribution in [-0.2, 0) is 14.6 Å². The topological polar surface area (TPSA) is 83.5 Å². The van der Waals surface area contributed by atoms with E-state index in [9.17, 15) is 13.2 Å². The minimum atomic E-state index is -3.23. The van der Waals surface area contributed by atoms with Crippen LogP contribution in [0.15, 0.2) is 0 Å². The third-order valence-corrected chi connectivity index (χ3v) is 4.37. The van der Waals surface area contributed by atoms with Crippen molar-refractivity contribution in [2.75, 3.05) is 12.3 Å². The van der Waals surface area contributed by atoms with E-state index in [-0.39, 0.29) is 12.3 Å². The van der Waals surface area contributed by atoms with Gasteiger partial charge in [-0.1, -0.05) is 0 Å². The highest BCUT2D eigenvalue weighted by Gasteiger charge is 2.36. The summed E-state index contributed by atoms with van der Waals surface area (Å²) in [6.07, 6.45) is 0.298. The standard InChI is InChI=1S/C8H15NO4S/c1-6(10)5-9-8(11)7-3-2-4-14(7,12)13/h6-7,10H,2-5H2,1H3,(H,9,11)/t6-,7?/m0/s1. The molecule has 1 rings (SSSR count). The van der Waals surface area contributed by atoms with Crippen LogP contribution in [0.4, 0.5) is 0 Å². The highest BCUT2D eigenvalue weighted by Crippen LogP contribution is 2.19. The van der Waals surface area contributed by atoms with Crippen LogP contribution >= 0.6 is 0 Å². The van der Waals surface area contributed by atoms with Gasteiger partial charge in [-0.15, -0.1) is 0 Å². The van der Waals surface area contributed by atoms with Gasteiger partial charge in [0.25, 0.3) is 0 Å². The lowest BCUT2D eigenvalue weighted by Gasteiger charge is -2.11. The fourth-order valence-corrected chi connectivity index (χ4v) is 3.24. The third kappa shape index (κ3) is 2.68. The van der Waals surface area contributed by atoms with Gasteiger partial charge in [0.05, 0.1) is 11.9 Å². The SMILES string of the molecule is C[C@H](O)CNC(=O)C1CCCS1(=O)=O. The maximum absolute atomic E-state index is 11.4. The summed E-state index contributed by atoms with van der Waals surface area (Å²) >= 11 is 0. The zero-order valence-electron chi connectivity index (χ0n) is 8.06. The molecule has 82 valence electrons. The monoisotopic (exact) mass is 221 g/mol. The van der Waals surface area contributed by atoms with E-state index in [0.29, 0.717) is 12.8 Å². The molecule has 14 heavy (non-hydrogen) atoms. The number of sulfone groups is 1. The number of amides is 1. The molecule has 2 atom stereocenters. The number of aliphatic hydroxyl groups excluding tert-OH is 1. The number of nitrogens with one attached hydrogen (secondary N) is 1. The van der Waals surface area contributed by atoms with E-state index in [2.05, 4.69) is 5.32 Å². The van der Waals surface area contributed by atoms with Crippen LogP contribution in [-0.4, -0.2) is 43.1 Å². The average Bonchev–Trinajstić information content (AvgIpc) is 2.41. The highest BCUT2D eigenvalue weighted by atomic mass is 32.2. The lowest BCUT2D eigenvalue weighted by molar-refractivity contribution is -0.121. The number of hydrogen-bond acceptors (Lipinski definition) is 4. The quantitative estimate of drug-likeness (QED) is 0.644. The molecular weight excluding hydrogens is 206 g/mol. The van der Waals surface area contributed by atoms with E-state index in [1.807, 2.05) is 0 Å². The molecule has 0 aromatic rings. The number of aliphatic hydroxyl groups is 1. The largest absolute Gasteiger partial charge is 0.392 e. The minimum Gasteiger partial charge on any atom is -0.392 e. The fraction of sp³-hybridized carbons (Fsp3) is 0.875. The average molecular weight is 221 g/mol. The number of carbonyl (C=O) groups excluding carboxylic acids is 1. The minimum absolute atomic E-state index is 0.0970. The third-order valence-electron chi connectivity index (χ3n) is 2.19. The molecule has 5 nitrogen and oxygen atoms in total.